The van der Waals surface area contributed by atoms with E-state index in [2.05, 4.69) is 24.1 Å². The van der Waals surface area contributed by atoms with Crippen LogP contribution in [0.3, 0.4) is 0 Å². The molecule has 0 radical (unpaired) electrons. The molecule has 1 saturated heterocycles. The molecular formula is C38H42N2O5. The van der Waals surface area contributed by atoms with Gasteiger partial charge < -0.3 is 24.8 Å². The minimum Gasteiger partial charge on any atom is -0.488 e. The molecule has 1 atom stereocenters. The fourth-order valence-corrected chi connectivity index (χ4v) is 5.73. The minimum absolute atomic E-state index is 0.0150. The zero-order valence-electron chi connectivity index (χ0n) is 26.1. The minimum atomic E-state index is -1.12. The predicted octanol–water partition coefficient (Wildman–Crippen LogP) is 8.45. The Morgan fingerprint density at radius 1 is 0.889 bits per heavy atom. The fraction of sp³-hybridized carbons (Fsp3) is 0.316. The van der Waals surface area contributed by atoms with Gasteiger partial charge in [-0.05, 0) is 73.2 Å². The first kappa shape index (κ1) is 31.8. The van der Waals surface area contributed by atoms with E-state index in [0.29, 0.717) is 17.9 Å². The molecule has 234 valence electrons. The first-order valence-electron chi connectivity index (χ1n) is 15.9. The maximum Gasteiger partial charge on any atom is 0.337 e. The number of hydrogen-bond acceptors (Lipinski definition) is 5. The van der Waals surface area contributed by atoms with E-state index in [1.54, 1.807) is 12.1 Å². The van der Waals surface area contributed by atoms with Gasteiger partial charge in [-0.2, -0.15) is 0 Å². The third-order valence-corrected chi connectivity index (χ3v) is 8.25. The van der Waals surface area contributed by atoms with Gasteiger partial charge in [-0.15, -0.1) is 0 Å². The smallest absolute Gasteiger partial charge is 0.337 e. The largest absolute Gasteiger partial charge is 0.488 e. The zero-order chi connectivity index (χ0) is 31.6. The van der Waals surface area contributed by atoms with Crippen LogP contribution in [0, 0.1) is 0 Å². The number of hydrogen-bond donors (Lipinski definition) is 2. The number of benzene rings is 4. The van der Waals surface area contributed by atoms with Crippen LogP contribution in [-0.4, -0.2) is 42.3 Å². The van der Waals surface area contributed by atoms with Crippen LogP contribution in [0.2, 0.25) is 0 Å². The van der Waals surface area contributed by atoms with Crippen molar-refractivity contribution in [2.45, 2.75) is 64.8 Å². The normalized spacial score (nSPS) is 14.1. The molecule has 4 aromatic carbocycles. The molecule has 45 heavy (non-hydrogen) atoms. The number of carbonyl (C=O) groups is 2. The lowest BCUT2D eigenvalue weighted by Gasteiger charge is -2.35. The van der Waals surface area contributed by atoms with E-state index in [1.165, 1.54) is 18.9 Å². The lowest BCUT2D eigenvalue weighted by molar-refractivity contribution is -0.0186. The van der Waals surface area contributed by atoms with Crippen LogP contribution in [0.5, 0.6) is 5.75 Å². The molecule has 2 N–H and O–H groups in total. The van der Waals surface area contributed by atoms with Crippen molar-refractivity contribution in [3.8, 4) is 16.9 Å². The molecule has 0 aliphatic carbocycles. The molecule has 1 heterocycles. The number of rotatable bonds is 13. The zero-order valence-corrected chi connectivity index (χ0v) is 26.1. The van der Waals surface area contributed by atoms with E-state index in [9.17, 15) is 14.7 Å². The van der Waals surface area contributed by atoms with Gasteiger partial charge in [0.05, 0.1) is 29.0 Å². The molecule has 1 aliphatic rings. The van der Waals surface area contributed by atoms with Crippen LogP contribution in [0.15, 0.2) is 97.1 Å². The SMILES string of the molecule is CCCCC(C)OC1CCN(c2ccc(OCc3ccccc3)c(C(=O)Nc3cc(-c4ccccc4)ccc3C(=O)O)c2)CC1. The number of nitrogens with one attached hydrogen (secondary N) is 1. The van der Waals surface area contributed by atoms with Crippen molar-refractivity contribution < 1.29 is 24.2 Å². The summed E-state index contributed by atoms with van der Waals surface area (Å²) in [6.07, 6.45) is 5.75. The summed E-state index contributed by atoms with van der Waals surface area (Å²) in [5, 5.41) is 12.8. The van der Waals surface area contributed by atoms with Crippen molar-refractivity contribution in [1.82, 2.24) is 0 Å². The van der Waals surface area contributed by atoms with Gasteiger partial charge in [-0.1, -0.05) is 86.5 Å². The highest BCUT2D eigenvalue weighted by atomic mass is 16.5. The quantitative estimate of drug-likeness (QED) is 0.159. The number of carboxylic acids is 1. The van der Waals surface area contributed by atoms with Crippen molar-refractivity contribution >= 4 is 23.3 Å². The highest BCUT2D eigenvalue weighted by molar-refractivity contribution is 6.10. The Kier molecular flexibility index (Phi) is 10.9. The molecule has 1 fully saturated rings. The van der Waals surface area contributed by atoms with Gasteiger partial charge in [0.2, 0.25) is 0 Å². The van der Waals surface area contributed by atoms with Crippen LogP contribution >= 0.6 is 0 Å². The first-order valence-corrected chi connectivity index (χ1v) is 15.9. The van der Waals surface area contributed by atoms with Crippen LogP contribution in [0.4, 0.5) is 11.4 Å². The number of nitrogens with zero attached hydrogens (tertiary/aromatic N) is 1. The summed E-state index contributed by atoms with van der Waals surface area (Å²) in [5.41, 5.74) is 4.21. The number of aromatic carboxylic acids is 1. The molecule has 5 rings (SSSR count). The summed E-state index contributed by atoms with van der Waals surface area (Å²) in [7, 11) is 0. The van der Waals surface area contributed by atoms with Crippen LogP contribution in [0.1, 0.15) is 72.2 Å². The molecule has 7 nitrogen and oxygen atoms in total. The summed E-state index contributed by atoms with van der Waals surface area (Å²) < 4.78 is 12.5. The first-order chi connectivity index (χ1) is 21.9. The number of amides is 1. The molecule has 0 aromatic heterocycles. The predicted molar refractivity (Wildman–Crippen MR) is 179 cm³/mol. The van der Waals surface area contributed by atoms with Crippen molar-refractivity contribution in [3.05, 3.63) is 114 Å². The van der Waals surface area contributed by atoms with Crippen molar-refractivity contribution in [2.75, 3.05) is 23.3 Å². The van der Waals surface area contributed by atoms with Crippen molar-refractivity contribution in [1.29, 1.82) is 0 Å². The molecule has 0 bridgehead atoms. The molecule has 7 heteroatoms. The van der Waals surface area contributed by atoms with Crippen molar-refractivity contribution in [2.24, 2.45) is 0 Å². The van der Waals surface area contributed by atoms with E-state index < -0.39 is 11.9 Å². The second-order valence-corrected chi connectivity index (χ2v) is 11.6. The topological polar surface area (TPSA) is 88.1 Å². The molecular weight excluding hydrogens is 564 g/mol. The molecule has 0 saturated carbocycles. The van der Waals surface area contributed by atoms with E-state index in [4.69, 9.17) is 9.47 Å². The van der Waals surface area contributed by atoms with Crippen LogP contribution < -0.4 is 15.0 Å². The van der Waals surface area contributed by atoms with Crippen LogP contribution in [0.25, 0.3) is 11.1 Å². The summed E-state index contributed by atoms with van der Waals surface area (Å²) in [4.78, 5) is 28.3. The average molecular weight is 607 g/mol. The number of anilines is 2. The highest BCUT2D eigenvalue weighted by Gasteiger charge is 2.24. The van der Waals surface area contributed by atoms with Gasteiger partial charge >= 0.3 is 5.97 Å². The lowest BCUT2D eigenvalue weighted by atomic mass is 10.0. The highest BCUT2D eigenvalue weighted by Crippen LogP contribution is 2.31. The number of ether oxygens (including phenoxy) is 2. The summed E-state index contributed by atoms with van der Waals surface area (Å²) in [6.45, 7) is 6.29. The maximum absolute atomic E-state index is 13.9. The Labute approximate surface area is 265 Å². The van der Waals surface area contributed by atoms with E-state index in [1.807, 2.05) is 78.9 Å². The van der Waals surface area contributed by atoms with Crippen molar-refractivity contribution in [3.63, 3.8) is 0 Å². The van der Waals surface area contributed by atoms with Gasteiger partial charge in [0.15, 0.2) is 0 Å². The van der Waals surface area contributed by atoms with Gasteiger partial charge in [0, 0.05) is 18.8 Å². The third-order valence-electron chi connectivity index (χ3n) is 8.25. The lowest BCUT2D eigenvalue weighted by Crippen LogP contribution is -2.38. The Morgan fingerprint density at radius 2 is 1.60 bits per heavy atom. The fourth-order valence-electron chi connectivity index (χ4n) is 5.73. The Hall–Kier alpha value is -4.62. The van der Waals surface area contributed by atoms with Gasteiger partial charge in [0.1, 0.15) is 12.4 Å². The number of carbonyl (C=O) groups excluding carboxylic acids is 1. The monoisotopic (exact) mass is 606 g/mol. The second-order valence-electron chi connectivity index (χ2n) is 11.6. The Morgan fingerprint density at radius 3 is 2.29 bits per heavy atom. The summed E-state index contributed by atoms with van der Waals surface area (Å²) in [6, 6.07) is 30.1. The van der Waals surface area contributed by atoms with E-state index in [-0.39, 0.29) is 23.5 Å². The molecule has 1 aliphatic heterocycles. The molecule has 1 unspecified atom stereocenters. The van der Waals surface area contributed by atoms with Gasteiger partial charge in [-0.3, -0.25) is 4.79 Å². The molecule has 0 spiro atoms. The summed E-state index contributed by atoms with van der Waals surface area (Å²) in [5.74, 6) is -1.12. The second kappa shape index (κ2) is 15.4. The van der Waals surface area contributed by atoms with Gasteiger partial charge in [-0.25, -0.2) is 4.79 Å². The van der Waals surface area contributed by atoms with E-state index in [0.717, 1.165) is 54.7 Å². The Bertz CT molecular complexity index is 1570. The molecule has 4 aromatic rings. The summed E-state index contributed by atoms with van der Waals surface area (Å²) >= 11 is 0. The number of piperidine rings is 1. The number of unbranched alkanes of at least 4 members (excludes halogenated alkanes) is 1. The third kappa shape index (κ3) is 8.52. The Balaban J connectivity index is 1.39. The standard InChI is InChI=1S/C38H42N2O5/c1-3-4-11-27(2)45-32-20-22-40(23-21-32)31-17-19-36(44-26-28-12-7-5-8-13-28)34(25-31)37(41)39-35-24-30(16-18-33(35)38(42)43)29-14-9-6-10-15-29/h5-10,12-19,24-25,27,32H,3-4,11,20-23,26H2,1-2H3,(H,39,41)(H,42,43). The van der Waals surface area contributed by atoms with Gasteiger partial charge in [0.25, 0.3) is 5.91 Å². The average Bonchev–Trinajstić information content (AvgIpc) is 3.07. The van der Waals surface area contributed by atoms with Crippen LogP contribution in [-0.2, 0) is 11.3 Å². The molecule has 1 amide bonds. The number of carboxylic acid groups (broad SMARTS) is 1. The van der Waals surface area contributed by atoms with E-state index >= 15 is 0 Å². The maximum atomic E-state index is 13.9.